The molecular formula is C17H27ClN2O. The first-order valence-corrected chi connectivity index (χ1v) is 7.85. The molecule has 1 fully saturated rings. The number of rotatable bonds is 6. The maximum Gasteiger partial charge on any atom is 0.224 e. The summed E-state index contributed by atoms with van der Waals surface area (Å²) < 4.78 is 0. The molecule has 1 atom stereocenters. The summed E-state index contributed by atoms with van der Waals surface area (Å²) in [5.41, 5.74) is 3.50. The van der Waals surface area contributed by atoms with Crippen LogP contribution in [0, 0.1) is 5.92 Å². The van der Waals surface area contributed by atoms with Crippen LogP contribution in [0.5, 0.6) is 0 Å². The molecule has 0 aliphatic carbocycles. The monoisotopic (exact) mass is 310 g/mol. The molecule has 3 nitrogen and oxygen atoms in total. The highest BCUT2D eigenvalue weighted by atomic mass is 35.5. The Hall–Kier alpha value is -1.06. The highest BCUT2D eigenvalue weighted by Gasteiger charge is 2.16. The van der Waals surface area contributed by atoms with Crippen molar-refractivity contribution in [3.05, 3.63) is 29.3 Å². The molecular weight excluding hydrogens is 284 g/mol. The molecule has 0 radical (unpaired) electrons. The van der Waals surface area contributed by atoms with E-state index in [1.165, 1.54) is 17.5 Å². The molecule has 0 saturated carbocycles. The molecule has 2 N–H and O–H groups in total. The fourth-order valence-corrected chi connectivity index (χ4v) is 2.78. The van der Waals surface area contributed by atoms with Crippen LogP contribution in [0.1, 0.15) is 44.2 Å². The second-order valence-electron chi connectivity index (χ2n) is 5.64. The summed E-state index contributed by atoms with van der Waals surface area (Å²) in [6.45, 7) is 6.43. The van der Waals surface area contributed by atoms with Crippen molar-refractivity contribution in [1.82, 2.24) is 5.32 Å². The van der Waals surface area contributed by atoms with Gasteiger partial charge in [0.25, 0.3) is 0 Å². The normalized spacial score (nSPS) is 17.3. The minimum Gasteiger partial charge on any atom is -0.326 e. The number of hydrogen-bond acceptors (Lipinski definition) is 2. The SMILES string of the molecule is CCc1ccc(CC)c(NC(=O)CCC2CCNC2)c1.Cl. The van der Waals surface area contributed by atoms with Crippen LogP contribution in [0.4, 0.5) is 5.69 Å². The zero-order chi connectivity index (χ0) is 14.4. The molecule has 4 heteroatoms. The van der Waals surface area contributed by atoms with Crippen molar-refractivity contribution in [1.29, 1.82) is 0 Å². The number of halogens is 1. The lowest BCUT2D eigenvalue weighted by molar-refractivity contribution is -0.116. The van der Waals surface area contributed by atoms with E-state index >= 15 is 0 Å². The maximum absolute atomic E-state index is 12.1. The number of nitrogens with one attached hydrogen (secondary N) is 2. The van der Waals surface area contributed by atoms with E-state index in [9.17, 15) is 4.79 Å². The van der Waals surface area contributed by atoms with Gasteiger partial charge in [0, 0.05) is 12.1 Å². The standard InChI is InChI=1S/C17H26N2O.ClH/c1-3-13-5-7-15(4-2)16(11-13)19-17(20)8-6-14-9-10-18-12-14;/h5,7,11,14,18H,3-4,6,8-10,12H2,1-2H3,(H,19,20);1H. The van der Waals surface area contributed by atoms with Crippen LogP contribution in [-0.4, -0.2) is 19.0 Å². The smallest absolute Gasteiger partial charge is 0.224 e. The van der Waals surface area contributed by atoms with E-state index in [-0.39, 0.29) is 18.3 Å². The average Bonchev–Trinajstić information content (AvgIpc) is 2.98. The Balaban J connectivity index is 0.00000220. The molecule has 21 heavy (non-hydrogen) atoms. The van der Waals surface area contributed by atoms with E-state index in [0.717, 1.165) is 38.0 Å². The lowest BCUT2D eigenvalue weighted by Gasteiger charge is -2.13. The molecule has 0 bridgehead atoms. The van der Waals surface area contributed by atoms with Crippen LogP contribution in [0.3, 0.4) is 0 Å². The number of amides is 1. The Morgan fingerprint density at radius 2 is 2.14 bits per heavy atom. The maximum atomic E-state index is 12.1. The number of benzene rings is 1. The van der Waals surface area contributed by atoms with Crippen LogP contribution in [0.15, 0.2) is 18.2 Å². The van der Waals surface area contributed by atoms with Gasteiger partial charge in [-0.3, -0.25) is 4.79 Å². The van der Waals surface area contributed by atoms with Gasteiger partial charge in [0.15, 0.2) is 0 Å². The summed E-state index contributed by atoms with van der Waals surface area (Å²) in [7, 11) is 0. The van der Waals surface area contributed by atoms with E-state index in [1.807, 2.05) is 0 Å². The largest absolute Gasteiger partial charge is 0.326 e. The predicted molar refractivity (Wildman–Crippen MR) is 91.3 cm³/mol. The number of aryl methyl sites for hydroxylation is 2. The summed E-state index contributed by atoms with van der Waals surface area (Å²) in [6, 6.07) is 6.40. The number of hydrogen-bond donors (Lipinski definition) is 2. The van der Waals surface area contributed by atoms with Crippen molar-refractivity contribution in [3.8, 4) is 0 Å². The number of carbonyl (C=O) groups excluding carboxylic acids is 1. The van der Waals surface area contributed by atoms with Crippen molar-refractivity contribution in [3.63, 3.8) is 0 Å². The topological polar surface area (TPSA) is 41.1 Å². The first-order chi connectivity index (χ1) is 9.72. The van der Waals surface area contributed by atoms with Crippen LogP contribution < -0.4 is 10.6 Å². The Bertz CT molecular complexity index is 456. The highest BCUT2D eigenvalue weighted by Crippen LogP contribution is 2.20. The molecule has 1 aromatic carbocycles. The van der Waals surface area contributed by atoms with Gasteiger partial charge in [-0.2, -0.15) is 0 Å². The van der Waals surface area contributed by atoms with Crippen molar-refractivity contribution >= 4 is 24.0 Å². The second-order valence-corrected chi connectivity index (χ2v) is 5.64. The second kappa shape index (κ2) is 9.06. The van der Waals surface area contributed by atoms with Crippen LogP contribution in [0.2, 0.25) is 0 Å². The summed E-state index contributed by atoms with van der Waals surface area (Å²) in [5, 5.41) is 6.45. The summed E-state index contributed by atoms with van der Waals surface area (Å²) >= 11 is 0. The van der Waals surface area contributed by atoms with Crippen LogP contribution in [-0.2, 0) is 17.6 Å². The Labute approximate surface area is 134 Å². The van der Waals surface area contributed by atoms with Gasteiger partial charge in [0.05, 0.1) is 0 Å². The molecule has 1 aliphatic heterocycles. The molecule has 0 spiro atoms. The molecule has 1 saturated heterocycles. The van der Waals surface area contributed by atoms with Crippen molar-refractivity contribution in [2.24, 2.45) is 5.92 Å². The molecule has 1 aromatic rings. The molecule has 1 heterocycles. The minimum atomic E-state index is 0. The third kappa shape index (κ3) is 5.33. The lowest BCUT2D eigenvalue weighted by Crippen LogP contribution is -2.16. The average molecular weight is 311 g/mol. The van der Waals surface area contributed by atoms with E-state index in [0.29, 0.717) is 12.3 Å². The summed E-state index contributed by atoms with van der Waals surface area (Å²) in [4.78, 5) is 12.1. The van der Waals surface area contributed by atoms with Crippen molar-refractivity contribution < 1.29 is 4.79 Å². The quantitative estimate of drug-likeness (QED) is 0.843. The van der Waals surface area contributed by atoms with Gasteiger partial charge < -0.3 is 10.6 Å². The predicted octanol–water partition coefficient (Wildman–Crippen LogP) is 3.56. The van der Waals surface area contributed by atoms with Gasteiger partial charge in [0.1, 0.15) is 0 Å². The Morgan fingerprint density at radius 1 is 1.33 bits per heavy atom. The number of anilines is 1. The molecule has 1 amide bonds. The molecule has 118 valence electrons. The van der Waals surface area contributed by atoms with Gasteiger partial charge in [-0.1, -0.05) is 26.0 Å². The summed E-state index contributed by atoms with van der Waals surface area (Å²) in [5.74, 6) is 0.827. The molecule has 1 unspecified atom stereocenters. The van der Waals surface area contributed by atoms with E-state index in [1.54, 1.807) is 0 Å². The number of carbonyl (C=O) groups is 1. The van der Waals surface area contributed by atoms with Crippen molar-refractivity contribution in [2.75, 3.05) is 18.4 Å². The lowest BCUT2D eigenvalue weighted by atomic mass is 10.0. The Morgan fingerprint density at radius 3 is 2.76 bits per heavy atom. The van der Waals surface area contributed by atoms with E-state index in [4.69, 9.17) is 0 Å². The van der Waals surface area contributed by atoms with Gasteiger partial charge in [-0.15, -0.1) is 12.4 Å². The first kappa shape index (κ1) is 18.0. The molecule has 1 aliphatic rings. The van der Waals surface area contributed by atoms with E-state index in [2.05, 4.69) is 42.7 Å². The van der Waals surface area contributed by atoms with E-state index < -0.39 is 0 Å². The highest BCUT2D eigenvalue weighted by molar-refractivity contribution is 5.91. The molecule has 0 aromatic heterocycles. The van der Waals surface area contributed by atoms with Crippen LogP contribution >= 0.6 is 12.4 Å². The third-order valence-corrected chi connectivity index (χ3v) is 4.18. The zero-order valence-corrected chi connectivity index (χ0v) is 13.9. The summed E-state index contributed by atoms with van der Waals surface area (Å²) in [6.07, 6.45) is 4.78. The van der Waals surface area contributed by atoms with Crippen molar-refractivity contribution in [2.45, 2.75) is 46.0 Å². The van der Waals surface area contributed by atoms with Gasteiger partial charge in [0.2, 0.25) is 5.91 Å². The fraction of sp³-hybridized carbons (Fsp3) is 0.588. The first-order valence-electron chi connectivity index (χ1n) is 7.85. The Kier molecular flexibility index (Phi) is 7.76. The third-order valence-electron chi connectivity index (χ3n) is 4.18. The van der Waals surface area contributed by atoms with Gasteiger partial charge in [-0.25, -0.2) is 0 Å². The van der Waals surface area contributed by atoms with Crippen LogP contribution in [0.25, 0.3) is 0 Å². The van der Waals surface area contributed by atoms with Gasteiger partial charge in [-0.05, 0) is 61.9 Å². The van der Waals surface area contributed by atoms with Gasteiger partial charge >= 0.3 is 0 Å². The minimum absolute atomic E-state index is 0. The molecule has 2 rings (SSSR count). The fourth-order valence-electron chi connectivity index (χ4n) is 2.78. The zero-order valence-electron chi connectivity index (χ0n) is 13.1.